The molecule has 0 fully saturated rings. The maximum absolute atomic E-state index is 12.5. The van der Waals surface area contributed by atoms with E-state index in [1.54, 1.807) is 30.3 Å². The highest BCUT2D eigenvalue weighted by atomic mass is 35.5. The van der Waals surface area contributed by atoms with Crippen LogP contribution in [0.5, 0.6) is 5.75 Å². The standard InChI is InChI=1S/C24H18ClNO2/c1-17-6-10-19(11-7-17)24(27)21(15-26)14-18-8-12-22(13-9-18)28-16-20-4-2-3-5-23(20)25/h2-14H,16H2,1H3. The number of carbonyl (C=O) groups excluding carboxylic acids is 1. The summed E-state index contributed by atoms with van der Waals surface area (Å²) in [5.74, 6) is 0.391. The number of nitriles is 1. The van der Waals surface area contributed by atoms with Crippen LogP contribution in [-0.4, -0.2) is 5.78 Å². The molecule has 3 nitrogen and oxygen atoms in total. The summed E-state index contributed by atoms with van der Waals surface area (Å²) in [5.41, 5.74) is 3.31. The molecule has 3 aromatic carbocycles. The molecule has 3 rings (SSSR count). The molecule has 0 unspecified atom stereocenters. The number of halogens is 1. The van der Waals surface area contributed by atoms with E-state index in [1.165, 1.54) is 0 Å². The average Bonchev–Trinajstić information content (AvgIpc) is 2.72. The number of rotatable bonds is 6. The molecule has 28 heavy (non-hydrogen) atoms. The van der Waals surface area contributed by atoms with Crippen LogP contribution in [0.1, 0.15) is 27.0 Å². The molecule has 0 spiro atoms. The van der Waals surface area contributed by atoms with Crippen molar-refractivity contribution in [1.82, 2.24) is 0 Å². The van der Waals surface area contributed by atoms with Crippen molar-refractivity contribution in [3.63, 3.8) is 0 Å². The van der Waals surface area contributed by atoms with Gasteiger partial charge in [-0.2, -0.15) is 5.26 Å². The molecule has 3 aromatic rings. The number of hydrogen-bond acceptors (Lipinski definition) is 3. The number of allylic oxidation sites excluding steroid dienone is 1. The zero-order chi connectivity index (χ0) is 19.9. The van der Waals surface area contributed by atoms with Crippen LogP contribution in [0.4, 0.5) is 0 Å². The maximum atomic E-state index is 12.5. The van der Waals surface area contributed by atoms with E-state index in [2.05, 4.69) is 0 Å². The van der Waals surface area contributed by atoms with E-state index in [-0.39, 0.29) is 11.4 Å². The van der Waals surface area contributed by atoms with Crippen molar-refractivity contribution < 1.29 is 9.53 Å². The molecule has 0 amide bonds. The quantitative estimate of drug-likeness (QED) is 0.295. The van der Waals surface area contributed by atoms with Crippen LogP contribution >= 0.6 is 11.6 Å². The SMILES string of the molecule is Cc1ccc(C(=O)C(C#N)=Cc2ccc(OCc3ccccc3Cl)cc2)cc1. The highest BCUT2D eigenvalue weighted by molar-refractivity contribution is 6.31. The Bertz CT molecular complexity index is 1050. The minimum absolute atomic E-state index is 0.0913. The first-order valence-corrected chi connectivity index (χ1v) is 9.14. The summed E-state index contributed by atoms with van der Waals surface area (Å²) in [4.78, 5) is 12.5. The van der Waals surface area contributed by atoms with Crippen molar-refractivity contribution in [3.05, 3.63) is 106 Å². The van der Waals surface area contributed by atoms with E-state index in [4.69, 9.17) is 16.3 Å². The van der Waals surface area contributed by atoms with Crippen molar-refractivity contribution in [3.8, 4) is 11.8 Å². The number of benzene rings is 3. The summed E-state index contributed by atoms with van der Waals surface area (Å²) in [6.45, 7) is 2.31. The third-order valence-electron chi connectivity index (χ3n) is 4.22. The van der Waals surface area contributed by atoms with Gasteiger partial charge in [-0.1, -0.05) is 71.8 Å². The topological polar surface area (TPSA) is 50.1 Å². The summed E-state index contributed by atoms with van der Waals surface area (Å²) < 4.78 is 5.75. The number of aryl methyl sites for hydroxylation is 1. The zero-order valence-corrected chi connectivity index (χ0v) is 16.1. The average molecular weight is 388 g/mol. The minimum Gasteiger partial charge on any atom is -0.489 e. The fourth-order valence-electron chi connectivity index (χ4n) is 2.61. The normalized spacial score (nSPS) is 11.0. The zero-order valence-electron chi connectivity index (χ0n) is 15.4. The predicted molar refractivity (Wildman–Crippen MR) is 111 cm³/mol. The van der Waals surface area contributed by atoms with E-state index in [1.807, 2.05) is 61.5 Å². The number of ketones is 1. The highest BCUT2D eigenvalue weighted by Crippen LogP contribution is 2.20. The summed E-state index contributed by atoms with van der Waals surface area (Å²) >= 11 is 6.13. The second-order valence-corrected chi connectivity index (χ2v) is 6.72. The van der Waals surface area contributed by atoms with Gasteiger partial charge >= 0.3 is 0 Å². The molecule has 0 aliphatic carbocycles. The van der Waals surface area contributed by atoms with E-state index < -0.39 is 0 Å². The third-order valence-corrected chi connectivity index (χ3v) is 4.59. The van der Waals surface area contributed by atoms with E-state index in [0.29, 0.717) is 22.9 Å². The van der Waals surface area contributed by atoms with Crippen molar-refractivity contribution in [2.75, 3.05) is 0 Å². The van der Waals surface area contributed by atoms with Gasteiger partial charge in [0.25, 0.3) is 0 Å². The Hall–Kier alpha value is -3.35. The Balaban J connectivity index is 1.71. The van der Waals surface area contributed by atoms with Gasteiger partial charge in [0.15, 0.2) is 0 Å². The van der Waals surface area contributed by atoms with Crippen LogP contribution in [0.15, 0.2) is 78.4 Å². The van der Waals surface area contributed by atoms with Crippen LogP contribution in [0.25, 0.3) is 6.08 Å². The molecule has 4 heteroatoms. The number of carbonyl (C=O) groups is 1. The van der Waals surface area contributed by atoms with Crippen LogP contribution < -0.4 is 4.74 Å². The molecule has 0 aliphatic rings. The van der Waals surface area contributed by atoms with Crippen molar-refractivity contribution >= 4 is 23.5 Å². The van der Waals surface area contributed by atoms with Gasteiger partial charge in [0.1, 0.15) is 24.0 Å². The Morgan fingerprint density at radius 1 is 1.04 bits per heavy atom. The monoisotopic (exact) mass is 387 g/mol. The number of nitrogens with zero attached hydrogens (tertiary/aromatic N) is 1. The van der Waals surface area contributed by atoms with E-state index in [9.17, 15) is 10.1 Å². The number of ether oxygens (including phenoxy) is 1. The van der Waals surface area contributed by atoms with Gasteiger partial charge in [0.2, 0.25) is 5.78 Å². The first-order valence-electron chi connectivity index (χ1n) is 8.76. The smallest absolute Gasteiger partial charge is 0.203 e. The van der Waals surface area contributed by atoms with Gasteiger partial charge in [-0.25, -0.2) is 0 Å². The molecule has 0 atom stereocenters. The molecule has 0 aromatic heterocycles. The van der Waals surface area contributed by atoms with Crippen molar-refractivity contribution in [1.29, 1.82) is 5.26 Å². The lowest BCUT2D eigenvalue weighted by Crippen LogP contribution is -2.01. The van der Waals surface area contributed by atoms with Crippen molar-refractivity contribution in [2.45, 2.75) is 13.5 Å². The minimum atomic E-state index is -0.290. The molecule has 138 valence electrons. The Morgan fingerprint density at radius 2 is 1.71 bits per heavy atom. The van der Waals surface area contributed by atoms with E-state index >= 15 is 0 Å². The van der Waals surface area contributed by atoms with Crippen LogP contribution in [0.2, 0.25) is 5.02 Å². The molecule has 0 saturated carbocycles. The maximum Gasteiger partial charge on any atom is 0.203 e. The Morgan fingerprint density at radius 3 is 2.36 bits per heavy atom. The van der Waals surface area contributed by atoms with Crippen LogP contribution in [0.3, 0.4) is 0 Å². The molecule has 0 saturated heterocycles. The molecule has 0 radical (unpaired) electrons. The number of hydrogen-bond donors (Lipinski definition) is 0. The third kappa shape index (κ3) is 4.88. The van der Waals surface area contributed by atoms with Crippen molar-refractivity contribution in [2.24, 2.45) is 0 Å². The molecule has 0 N–H and O–H groups in total. The molecule has 0 aliphatic heterocycles. The fourth-order valence-corrected chi connectivity index (χ4v) is 2.80. The summed E-state index contributed by atoms with van der Waals surface area (Å²) in [6.07, 6.45) is 1.58. The van der Waals surface area contributed by atoms with Crippen LogP contribution in [0, 0.1) is 18.3 Å². The molecular weight excluding hydrogens is 370 g/mol. The van der Waals surface area contributed by atoms with Gasteiger partial charge in [-0.3, -0.25) is 4.79 Å². The first-order chi connectivity index (χ1) is 13.6. The van der Waals surface area contributed by atoms with Gasteiger partial charge in [-0.05, 0) is 36.8 Å². The van der Waals surface area contributed by atoms with Gasteiger partial charge < -0.3 is 4.74 Å². The second kappa shape index (κ2) is 9.03. The number of Topliss-reactive ketones (excluding diaryl/α,β-unsaturated/α-hetero) is 1. The van der Waals surface area contributed by atoms with Gasteiger partial charge in [0.05, 0.1) is 0 Å². The lowest BCUT2D eigenvalue weighted by molar-refractivity contribution is 0.104. The summed E-state index contributed by atoms with van der Waals surface area (Å²) in [5, 5.41) is 10.1. The molecule has 0 bridgehead atoms. The molecule has 0 heterocycles. The Kier molecular flexibility index (Phi) is 6.26. The largest absolute Gasteiger partial charge is 0.489 e. The van der Waals surface area contributed by atoms with E-state index in [0.717, 1.165) is 16.7 Å². The second-order valence-electron chi connectivity index (χ2n) is 6.31. The predicted octanol–water partition coefficient (Wildman–Crippen LogP) is 6.02. The van der Waals surface area contributed by atoms with Crippen LogP contribution in [-0.2, 0) is 6.61 Å². The lowest BCUT2D eigenvalue weighted by atomic mass is 10.0. The fraction of sp³-hybridized carbons (Fsp3) is 0.0833. The van der Waals surface area contributed by atoms with Gasteiger partial charge in [-0.15, -0.1) is 0 Å². The lowest BCUT2D eigenvalue weighted by Gasteiger charge is -2.08. The summed E-state index contributed by atoms with van der Waals surface area (Å²) in [6, 6.07) is 23.9. The highest BCUT2D eigenvalue weighted by Gasteiger charge is 2.12. The summed E-state index contributed by atoms with van der Waals surface area (Å²) in [7, 11) is 0. The van der Waals surface area contributed by atoms with Gasteiger partial charge in [0, 0.05) is 16.1 Å². The molecular formula is C24H18ClNO2. The Labute approximate surface area is 169 Å². The first kappa shape index (κ1) is 19.4.